The molecule has 108 valence electrons. The second-order valence-corrected chi connectivity index (χ2v) is 5.85. The van der Waals surface area contributed by atoms with Gasteiger partial charge in [-0.05, 0) is 62.6 Å². The summed E-state index contributed by atoms with van der Waals surface area (Å²) in [4.78, 5) is 0. The van der Waals surface area contributed by atoms with Crippen molar-refractivity contribution in [3.63, 3.8) is 0 Å². The van der Waals surface area contributed by atoms with Crippen molar-refractivity contribution >= 4 is 16.6 Å². The monoisotopic (exact) mass is 279 g/mol. The maximum atomic E-state index is 4.06. The van der Waals surface area contributed by atoms with Crippen molar-refractivity contribution in [1.82, 2.24) is 10.2 Å². The van der Waals surface area contributed by atoms with Gasteiger partial charge in [-0.15, -0.1) is 0 Å². The Morgan fingerprint density at radius 3 is 2.48 bits per heavy atom. The number of rotatable bonds is 3. The molecular formula is C18H21N3. The maximum Gasteiger partial charge on any atom is 0.0670 e. The van der Waals surface area contributed by atoms with Crippen LogP contribution in [0.5, 0.6) is 0 Å². The third kappa shape index (κ3) is 2.64. The van der Waals surface area contributed by atoms with E-state index in [2.05, 4.69) is 73.5 Å². The predicted molar refractivity (Wildman–Crippen MR) is 88.8 cm³/mol. The highest BCUT2D eigenvalue weighted by Crippen LogP contribution is 2.27. The van der Waals surface area contributed by atoms with Crippen molar-refractivity contribution in [2.45, 2.75) is 33.7 Å². The van der Waals surface area contributed by atoms with Crippen molar-refractivity contribution in [2.24, 2.45) is 0 Å². The Hall–Kier alpha value is -2.29. The van der Waals surface area contributed by atoms with Gasteiger partial charge in [0.05, 0.1) is 11.7 Å². The van der Waals surface area contributed by atoms with Gasteiger partial charge < -0.3 is 5.32 Å². The average Bonchev–Trinajstić information content (AvgIpc) is 2.84. The zero-order valence-electron chi connectivity index (χ0n) is 13.0. The van der Waals surface area contributed by atoms with Crippen LogP contribution in [-0.4, -0.2) is 10.2 Å². The number of hydrogen-bond donors (Lipinski definition) is 2. The number of benzene rings is 2. The summed E-state index contributed by atoms with van der Waals surface area (Å²) >= 11 is 0. The van der Waals surface area contributed by atoms with E-state index in [0.717, 1.165) is 16.6 Å². The molecule has 21 heavy (non-hydrogen) atoms. The first-order chi connectivity index (χ1) is 10.0. The Morgan fingerprint density at radius 1 is 1.05 bits per heavy atom. The molecule has 3 aromatic rings. The number of nitrogens with zero attached hydrogens (tertiary/aromatic N) is 1. The lowest BCUT2D eigenvalue weighted by Crippen LogP contribution is -2.10. The molecule has 3 heteroatoms. The molecule has 0 aliphatic rings. The fraction of sp³-hybridized carbons (Fsp3) is 0.278. The molecule has 2 N–H and O–H groups in total. The lowest BCUT2D eigenvalue weighted by Gasteiger charge is -2.21. The first-order valence-electron chi connectivity index (χ1n) is 7.32. The Kier molecular flexibility index (Phi) is 3.42. The van der Waals surface area contributed by atoms with Gasteiger partial charge in [-0.25, -0.2) is 0 Å². The van der Waals surface area contributed by atoms with Crippen LogP contribution in [0.4, 0.5) is 5.69 Å². The molecule has 3 rings (SSSR count). The molecule has 0 fully saturated rings. The normalized spacial score (nSPS) is 12.6. The van der Waals surface area contributed by atoms with Crippen molar-refractivity contribution in [3.8, 4) is 0 Å². The molecule has 0 saturated heterocycles. The predicted octanol–water partition coefficient (Wildman–Crippen LogP) is 4.66. The van der Waals surface area contributed by atoms with Gasteiger partial charge in [0.25, 0.3) is 0 Å². The van der Waals surface area contributed by atoms with E-state index in [1.807, 2.05) is 6.20 Å². The average molecular weight is 279 g/mol. The Bertz CT molecular complexity index is 763. The number of aromatic nitrogens is 2. The van der Waals surface area contributed by atoms with Gasteiger partial charge in [0.15, 0.2) is 0 Å². The van der Waals surface area contributed by atoms with Crippen LogP contribution in [0, 0.1) is 20.8 Å². The summed E-state index contributed by atoms with van der Waals surface area (Å²) in [5.74, 6) is 0. The molecule has 1 heterocycles. The quantitative estimate of drug-likeness (QED) is 0.732. The Balaban J connectivity index is 1.90. The summed E-state index contributed by atoms with van der Waals surface area (Å²) in [5.41, 5.74) is 7.55. The number of hydrogen-bond acceptors (Lipinski definition) is 2. The number of aryl methyl sites for hydroxylation is 3. The molecular weight excluding hydrogens is 258 g/mol. The third-order valence-corrected chi connectivity index (χ3v) is 4.00. The minimum absolute atomic E-state index is 0.269. The highest BCUT2D eigenvalue weighted by atomic mass is 15.1. The van der Waals surface area contributed by atoms with Crippen molar-refractivity contribution < 1.29 is 0 Å². The summed E-state index contributed by atoms with van der Waals surface area (Å²) in [6.07, 6.45) is 1.84. The molecule has 0 bridgehead atoms. The number of nitrogens with one attached hydrogen (secondary N) is 2. The van der Waals surface area contributed by atoms with Crippen molar-refractivity contribution in [2.75, 3.05) is 5.32 Å². The van der Waals surface area contributed by atoms with E-state index < -0.39 is 0 Å². The van der Waals surface area contributed by atoms with E-state index in [1.54, 1.807) is 0 Å². The fourth-order valence-electron chi connectivity index (χ4n) is 3.22. The summed E-state index contributed by atoms with van der Waals surface area (Å²) in [5, 5.41) is 11.8. The van der Waals surface area contributed by atoms with Gasteiger partial charge >= 0.3 is 0 Å². The molecule has 0 amide bonds. The molecule has 0 aliphatic heterocycles. The van der Waals surface area contributed by atoms with Gasteiger partial charge in [-0.1, -0.05) is 17.7 Å². The number of fused-ring (bicyclic) bond motifs is 1. The second-order valence-electron chi connectivity index (χ2n) is 5.85. The Labute approximate surface area is 125 Å². The van der Waals surface area contributed by atoms with Gasteiger partial charge in [-0.2, -0.15) is 5.10 Å². The van der Waals surface area contributed by atoms with Crippen LogP contribution >= 0.6 is 0 Å². The second kappa shape index (κ2) is 5.24. The van der Waals surface area contributed by atoms with E-state index in [-0.39, 0.29) is 6.04 Å². The molecule has 0 spiro atoms. The fourth-order valence-corrected chi connectivity index (χ4v) is 3.22. The first-order valence-corrected chi connectivity index (χ1v) is 7.32. The molecule has 0 aliphatic carbocycles. The van der Waals surface area contributed by atoms with Crippen molar-refractivity contribution in [3.05, 3.63) is 58.8 Å². The minimum atomic E-state index is 0.269. The zero-order valence-corrected chi connectivity index (χ0v) is 13.0. The van der Waals surface area contributed by atoms with Crippen LogP contribution in [0.3, 0.4) is 0 Å². The molecule has 0 saturated carbocycles. The number of aromatic amines is 1. The van der Waals surface area contributed by atoms with Crippen LogP contribution < -0.4 is 5.32 Å². The zero-order chi connectivity index (χ0) is 15.0. The summed E-state index contributed by atoms with van der Waals surface area (Å²) in [6, 6.07) is 11.1. The molecule has 0 radical (unpaired) electrons. The topological polar surface area (TPSA) is 40.7 Å². The summed E-state index contributed by atoms with van der Waals surface area (Å²) < 4.78 is 0. The molecule has 1 atom stereocenters. The van der Waals surface area contributed by atoms with Gasteiger partial charge in [0.1, 0.15) is 0 Å². The smallest absolute Gasteiger partial charge is 0.0670 e. The van der Waals surface area contributed by atoms with Gasteiger partial charge in [0, 0.05) is 17.1 Å². The maximum absolute atomic E-state index is 4.06. The van der Waals surface area contributed by atoms with Crippen molar-refractivity contribution in [1.29, 1.82) is 0 Å². The molecule has 2 aromatic carbocycles. The van der Waals surface area contributed by atoms with Gasteiger partial charge in [0.2, 0.25) is 0 Å². The van der Waals surface area contributed by atoms with E-state index in [9.17, 15) is 0 Å². The third-order valence-electron chi connectivity index (χ3n) is 4.00. The highest BCUT2D eigenvalue weighted by Gasteiger charge is 2.12. The van der Waals surface area contributed by atoms with E-state index >= 15 is 0 Å². The van der Waals surface area contributed by atoms with Crippen LogP contribution in [0.2, 0.25) is 0 Å². The molecule has 1 aromatic heterocycles. The van der Waals surface area contributed by atoms with E-state index in [1.165, 1.54) is 22.3 Å². The summed E-state index contributed by atoms with van der Waals surface area (Å²) in [7, 11) is 0. The number of anilines is 1. The number of H-pyrrole nitrogens is 1. The molecule has 3 nitrogen and oxygen atoms in total. The minimum Gasteiger partial charge on any atom is -0.378 e. The van der Waals surface area contributed by atoms with Crippen LogP contribution in [-0.2, 0) is 0 Å². The molecule has 1 unspecified atom stereocenters. The van der Waals surface area contributed by atoms with E-state index in [0.29, 0.717) is 0 Å². The lowest BCUT2D eigenvalue weighted by atomic mass is 9.94. The van der Waals surface area contributed by atoms with Crippen LogP contribution in [0.15, 0.2) is 36.5 Å². The summed E-state index contributed by atoms with van der Waals surface area (Å²) in [6.45, 7) is 8.73. The highest BCUT2D eigenvalue weighted by molar-refractivity contribution is 5.81. The standard InChI is InChI=1S/C18H21N3/c1-11-7-12(2)18(13(3)8-11)14(4)20-16-6-5-15-10-19-21-17(15)9-16/h5-10,14,20H,1-4H3,(H,19,21). The Morgan fingerprint density at radius 2 is 1.76 bits per heavy atom. The SMILES string of the molecule is Cc1cc(C)c(C(C)Nc2ccc3cn[nH]c3c2)c(C)c1. The lowest BCUT2D eigenvalue weighted by molar-refractivity contribution is 0.862. The first kappa shape index (κ1) is 13.7. The van der Waals surface area contributed by atoms with Crippen LogP contribution in [0.1, 0.15) is 35.2 Å². The van der Waals surface area contributed by atoms with Gasteiger partial charge in [-0.3, -0.25) is 5.10 Å². The van der Waals surface area contributed by atoms with E-state index in [4.69, 9.17) is 0 Å². The largest absolute Gasteiger partial charge is 0.378 e. The van der Waals surface area contributed by atoms with Crippen LogP contribution in [0.25, 0.3) is 10.9 Å².